The second kappa shape index (κ2) is 4.25. The molecule has 1 rings (SSSR count). The van der Waals surface area contributed by atoms with E-state index in [-0.39, 0.29) is 12.5 Å². The van der Waals surface area contributed by atoms with Gasteiger partial charge >= 0.3 is 6.18 Å². The van der Waals surface area contributed by atoms with Crippen molar-refractivity contribution < 1.29 is 18.3 Å². The molecule has 16 heavy (non-hydrogen) atoms. The van der Waals surface area contributed by atoms with Crippen LogP contribution in [-0.2, 0) is 6.18 Å². The fourth-order valence-electron chi connectivity index (χ4n) is 0.897. The van der Waals surface area contributed by atoms with Crippen LogP contribution in [0.15, 0.2) is 12.3 Å². The average Bonchev–Trinajstić information content (AvgIpc) is 2.13. The largest absolute Gasteiger partial charge is 0.433 e. The molecule has 0 fully saturated rings. The number of halogens is 3. The Kier molecular flexibility index (Phi) is 3.37. The smallest absolute Gasteiger partial charge is 0.389 e. The van der Waals surface area contributed by atoms with Gasteiger partial charge in [0, 0.05) is 12.7 Å². The van der Waals surface area contributed by atoms with E-state index in [0.717, 1.165) is 12.3 Å². The Hall–Kier alpha value is -1.37. The number of aromatic nitrogens is 2. The zero-order chi connectivity index (χ0) is 12.4. The predicted molar refractivity (Wildman–Crippen MR) is 51.8 cm³/mol. The third kappa shape index (κ3) is 4.01. The molecule has 4 nitrogen and oxygen atoms in total. The van der Waals surface area contributed by atoms with Crippen molar-refractivity contribution in [2.45, 2.75) is 25.6 Å². The van der Waals surface area contributed by atoms with Crippen molar-refractivity contribution in [2.24, 2.45) is 0 Å². The molecule has 0 amide bonds. The molecule has 2 N–H and O–H groups in total. The fourth-order valence-corrected chi connectivity index (χ4v) is 0.897. The highest BCUT2D eigenvalue weighted by Crippen LogP contribution is 2.27. The molecule has 0 radical (unpaired) electrons. The normalized spacial score (nSPS) is 12.6. The van der Waals surface area contributed by atoms with Crippen molar-refractivity contribution in [3.63, 3.8) is 0 Å². The van der Waals surface area contributed by atoms with Crippen LogP contribution in [0.25, 0.3) is 0 Å². The van der Waals surface area contributed by atoms with Gasteiger partial charge in [-0.1, -0.05) is 0 Å². The summed E-state index contributed by atoms with van der Waals surface area (Å²) in [4.78, 5) is 6.91. The summed E-state index contributed by atoms with van der Waals surface area (Å²) in [5.74, 6) is -0.156. The molecule has 0 saturated heterocycles. The minimum absolute atomic E-state index is 0.0638. The highest BCUT2D eigenvalue weighted by Gasteiger charge is 2.32. The molecular weight excluding hydrogens is 223 g/mol. The topological polar surface area (TPSA) is 58.0 Å². The Morgan fingerprint density at radius 1 is 1.38 bits per heavy atom. The molecule has 1 aromatic heterocycles. The van der Waals surface area contributed by atoms with Crippen LogP contribution in [0.3, 0.4) is 0 Å². The third-order valence-electron chi connectivity index (χ3n) is 1.63. The maximum atomic E-state index is 12.3. The van der Waals surface area contributed by atoms with E-state index in [0.29, 0.717) is 0 Å². The molecule has 90 valence electrons. The van der Waals surface area contributed by atoms with Crippen molar-refractivity contribution in [1.29, 1.82) is 0 Å². The van der Waals surface area contributed by atoms with Crippen molar-refractivity contribution in [2.75, 3.05) is 11.9 Å². The number of nitrogens with one attached hydrogen (secondary N) is 1. The molecule has 0 aliphatic heterocycles. The van der Waals surface area contributed by atoms with Crippen LogP contribution >= 0.6 is 0 Å². The lowest BCUT2D eigenvalue weighted by molar-refractivity contribution is -0.141. The molecule has 0 aliphatic rings. The van der Waals surface area contributed by atoms with Crippen molar-refractivity contribution in [1.82, 2.24) is 9.97 Å². The lowest BCUT2D eigenvalue weighted by Crippen LogP contribution is -2.30. The molecule has 0 saturated carbocycles. The molecule has 0 atom stereocenters. The second-order valence-corrected chi connectivity index (χ2v) is 3.93. The number of alkyl halides is 3. The van der Waals surface area contributed by atoms with Gasteiger partial charge in [-0.2, -0.15) is 13.2 Å². The zero-order valence-electron chi connectivity index (χ0n) is 8.84. The van der Waals surface area contributed by atoms with E-state index in [9.17, 15) is 18.3 Å². The Labute approximate surface area is 90.5 Å². The van der Waals surface area contributed by atoms with Crippen molar-refractivity contribution in [3.8, 4) is 0 Å². The molecule has 1 aromatic rings. The first-order valence-electron chi connectivity index (χ1n) is 4.55. The van der Waals surface area contributed by atoms with Gasteiger partial charge in [-0.05, 0) is 19.9 Å². The van der Waals surface area contributed by atoms with Crippen LogP contribution in [0, 0.1) is 0 Å². The van der Waals surface area contributed by atoms with Crippen LogP contribution in [0.1, 0.15) is 19.5 Å². The summed E-state index contributed by atoms with van der Waals surface area (Å²) in [6.45, 7) is 3.11. The fraction of sp³-hybridized carbons (Fsp3) is 0.556. The Morgan fingerprint density at radius 3 is 2.50 bits per heavy atom. The number of anilines is 1. The summed E-state index contributed by atoms with van der Waals surface area (Å²) in [5.41, 5.74) is -2.06. The van der Waals surface area contributed by atoms with Gasteiger partial charge in [-0.15, -0.1) is 0 Å². The standard InChI is InChI=1S/C9H12F3N3O/c1-8(2,16)5-14-7-13-4-3-6(15-7)9(10,11)12/h3-4,16H,5H2,1-2H3,(H,13,14,15). The summed E-state index contributed by atoms with van der Waals surface area (Å²) in [7, 11) is 0. The average molecular weight is 235 g/mol. The van der Waals surface area contributed by atoms with Gasteiger partial charge in [0.15, 0.2) is 0 Å². The number of hydrogen-bond acceptors (Lipinski definition) is 4. The van der Waals surface area contributed by atoms with Crippen LogP contribution in [0.5, 0.6) is 0 Å². The number of hydrogen-bond donors (Lipinski definition) is 2. The van der Waals surface area contributed by atoms with Crippen molar-refractivity contribution >= 4 is 5.95 Å². The summed E-state index contributed by atoms with van der Waals surface area (Å²) in [6.07, 6.45) is -3.48. The maximum absolute atomic E-state index is 12.3. The first kappa shape index (κ1) is 12.7. The van der Waals surface area contributed by atoms with E-state index >= 15 is 0 Å². The molecule has 1 heterocycles. The van der Waals surface area contributed by atoms with Crippen LogP contribution in [-0.4, -0.2) is 27.2 Å². The number of aliphatic hydroxyl groups is 1. The Balaban J connectivity index is 2.76. The van der Waals surface area contributed by atoms with E-state index in [2.05, 4.69) is 15.3 Å². The van der Waals surface area contributed by atoms with Gasteiger partial charge in [0.25, 0.3) is 0 Å². The first-order valence-corrected chi connectivity index (χ1v) is 4.55. The number of rotatable bonds is 3. The van der Waals surface area contributed by atoms with E-state index in [1.807, 2.05) is 0 Å². The first-order chi connectivity index (χ1) is 7.18. The molecule has 7 heteroatoms. The minimum Gasteiger partial charge on any atom is -0.389 e. The number of nitrogens with zero attached hydrogens (tertiary/aromatic N) is 2. The lowest BCUT2D eigenvalue weighted by atomic mass is 10.1. The van der Waals surface area contributed by atoms with Crippen LogP contribution in [0.4, 0.5) is 19.1 Å². The van der Waals surface area contributed by atoms with Gasteiger partial charge in [0.05, 0.1) is 5.60 Å². The monoisotopic (exact) mass is 235 g/mol. The van der Waals surface area contributed by atoms with Gasteiger partial charge in [0.2, 0.25) is 5.95 Å². The zero-order valence-corrected chi connectivity index (χ0v) is 8.84. The van der Waals surface area contributed by atoms with E-state index in [1.54, 1.807) is 0 Å². The Morgan fingerprint density at radius 2 is 2.00 bits per heavy atom. The summed E-state index contributed by atoms with van der Waals surface area (Å²) >= 11 is 0. The second-order valence-electron chi connectivity index (χ2n) is 3.93. The van der Waals surface area contributed by atoms with Crippen LogP contribution < -0.4 is 5.32 Å². The quantitative estimate of drug-likeness (QED) is 0.836. The molecule has 0 unspecified atom stereocenters. The summed E-state index contributed by atoms with van der Waals surface area (Å²) in [5, 5.41) is 11.9. The molecular formula is C9H12F3N3O. The predicted octanol–water partition coefficient (Wildman–Crippen LogP) is 1.68. The van der Waals surface area contributed by atoms with E-state index < -0.39 is 17.5 Å². The highest BCUT2D eigenvalue weighted by molar-refractivity contribution is 5.26. The molecule has 0 aliphatic carbocycles. The highest BCUT2D eigenvalue weighted by atomic mass is 19.4. The SMILES string of the molecule is CC(C)(O)CNc1nccc(C(F)(F)F)n1. The minimum atomic E-state index is -4.49. The van der Waals surface area contributed by atoms with Gasteiger partial charge in [-0.25, -0.2) is 9.97 Å². The molecule has 0 aromatic carbocycles. The summed E-state index contributed by atoms with van der Waals surface area (Å²) < 4.78 is 36.8. The maximum Gasteiger partial charge on any atom is 0.433 e. The third-order valence-corrected chi connectivity index (χ3v) is 1.63. The lowest BCUT2D eigenvalue weighted by Gasteiger charge is -2.17. The van der Waals surface area contributed by atoms with E-state index in [4.69, 9.17) is 0 Å². The van der Waals surface area contributed by atoms with Crippen molar-refractivity contribution in [3.05, 3.63) is 18.0 Å². The van der Waals surface area contributed by atoms with Gasteiger partial charge in [0.1, 0.15) is 5.69 Å². The van der Waals surface area contributed by atoms with Crippen LogP contribution in [0.2, 0.25) is 0 Å². The molecule has 0 spiro atoms. The molecule has 0 bridgehead atoms. The van der Waals surface area contributed by atoms with Gasteiger partial charge < -0.3 is 10.4 Å². The Bertz CT molecular complexity index is 360. The summed E-state index contributed by atoms with van der Waals surface area (Å²) in [6, 6.07) is 0.787. The van der Waals surface area contributed by atoms with E-state index in [1.165, 1.54) is 13.8 Å². The van der Waals surface area contributed by atoms with Gasteiger partial charge in [-0.3, -0.25) is 0 Å².